The van der Waals surface area contributed by atoms with Crippen LogP contribution in [0.5, 0.6) is 0 Å². The molecule has 1 aliphatic heterocycles. The van der Waals surface area contributed by atoms with E-state index in [1.807, 2.05) is 0 Å². The minimum atomic E-state index is -1.03. The Bertz CT molecular complexity index is 354. The van der Waals surface area contributed by atoms with Gasteiger partial charge in [0.1, 0.15) is 24.4 Å². The first-order valence-electron chi connectivity index (χ1n) is 11.5. The highest BCUT2D eigenvalue weighted by atomic mass is 16.7. The molecule has 0 unspecified atom stereocenters. The van der Waals surface area contributed by atoms with Crippen LogP contribution in [0, 0.1) is 0 Å². The molecule has 0 radical (unpaired) electrons. The predicted molar refractivity (Wildman–Crippen MR) is 111 cm³/mol. The molecule has 0 spiro atoms. The first kappa shape index (κ1) is 25.8. The van der Waals surface area contributed by atoms with Crippen LogP contribution in [0.15, 0.2) is 0 Å². The zero-order valence-electron chi connectivity index (χ0n) is 18.6. The van der Waals surface area contributed by atoms with Gasteiger partial charge >= 0.3 is 0 Å². The van der Waals surface area contributed by atoms with Crippen molar-refractivity contribution in [3.63, 3.8) is 0 Å². The molecule has 0 aromatic carbocycles. The summed E-state index contributed by atoms with van der Waals surface area (Å²) in [4.78, 5) is 0. The molecule has 0 aliphatic carbocycles. The Morgan fingerprint density at radius 1 is 0.643 bits per heavy atom. The zero-order chi connectivity index (χ0) is 20.6. The predicted octanol–water partition coefficient (Wildman–Crippen LogP) is 4.08. The second kappa shape index (κ2) is 16.5. The fourth-order valence-corrected chi connectivity index (χ4v) is 3.13. The van der Waals surface area contributed by atoms with Crippen LogP contribution >= 0.6 is 0 Å². The maximum atomic E-state index is 10.6. The molecular weight excluding hydrogens is 360 g/mol. The van der Waals surface area contributed by atoms with Gasteiger partial charge in [-0.25, -0.2) is 0 Å². The van der Waals surface area contributed by atoms with E-state index in [1.54, 1.807) is 0 Å². The van der Waals surface area contributed by atoms with Gasteiger partial charge in [-0.3, -0.25) is 0 Å². The van der Waals surface area contributed by atoms with Crippen LogP contribution in [0.1, 0.15) is 79.1 Å². The molecule has 0 aromatic heterocycles. The molecule has 0 aromatic rings. The van der Waals surface area contributed by atoms with Crippen molar-refractivity contribution in [2.45, 2.75) is 110 Å². The number of aliphatic hydroxyl groups excluding tert-OH is 1. The number of aliphatic hydroxyl groups is 1. The average Bonchev–Trinajstić information content (AvgIpc) is 2.69. The highest BCUT2D eigenvalue weighted by Gasteiger charge is 2.47. The molecule has 1 aliphatic rings. The van der Waals surface area contributed by atoms with Gasteiger partial charge in [0.2, 0.25) is 0 Å². The van der Waals surface area contributed by atoms with Crippen LogP contribution in [-0.4, -0.2) is 68.8 Å². The maximum Gasteiger partial charge on any atom is 0.184 e. The van der Waals surface area contributed by atoms with Crippen LogP contribution in [0.25, 0.3) is 0 Å². The highest BCUT2D eigenvalue weighted by molar-refractivity contribution is 4.92. The summed E-state index contributed by atoms with van der Waals surface area (Å²) >= 11 is 0. The second-order valence-corrected chi connectivity index (χ2v) is 7.56. The normalized spacial score (nSPS) is 28.0. The molecule has 1 heterocycles. The summed E-state index contributed by atoms with van der Waals surface area (Å²) in [6, 6.07) is 0. The van der Waals surface area contributed by atoms with Crippen molar-refractivity contribution in [2.75, 3.05) is 33.0 Å². The Labute approximate surface area is 172 Å². The third-order valence-electron chi connectivity index (χ3n) is 4.96. The van der Waals surface area contributed by atoms with Crippen molar-refractivity contribution < 1.29 is 28.8 Å². The SMILES string of the molecule is CCCCOC[C@H]1O[C@H](O)[C@H](OCCCC)[C@@H](OCCCC)[C@@H]1OCCCC. The highest BCUT2D eigenvalue weighted by Crippen LogP contribution is 2.28. The Hall–Kier alpha value is -0.240. The van der Waals surface area contributed by atoms with Gasteiger partial charge in [-0.2, -0.15) is 0 Å². The van der Waals surface area contributed by atoms with E-state index in [2.05, 4.69) is 27.7 Å². The summed E-state index contributed by atoms with van der Waals surface area (Å²) < 4.78 is 30.1. The summed E-state index contributed by atoms with van der Waals surface area (Å²) in [5.41, 5.74) is 0. The molecule has 0 saturated carbocycles. The summed E-state index contributed by atoms with van der Waals surface area (Å²) in [5.74, 6) is 0. The maximum absolute atomic E-state index is 10.6. The Kier molecular flexibility index (Phi) is 15.2. The van der Waals surface area contributed by atoms with Crippen LogP contribution < -0.4 is 0 Å². The van der Waals surface area contributed by atoms with Crippen LogP contribution in [0.4, 0.5) is 0 Å². The van der Waals surface area contributed by atoms with Gasteiger partial charge in [0.15, 0.2) is 6.29 Å². The number of unbranched alkanes of at least 4 members (excludes halogenated alkanes) is 4. The van der Waals surface area contributed by atoms with Crippen molar-refractivity contribution >= 4 is 0 Å². The lowest BCUT2D eigenvalue weighted by Gasteiger charge is -2.44. The third kappa shape index (κ3) is 9.51. The zero-order valence-corrected chi connectivity index (χ0v) is 18.6. The van der Waals surface area contributed by atoms with E-state index in [1.165, 1.54) is 0 Å². The molecule has 0 amide bonds. The molecule has 1 fully saturated rings. The van der Waals surface area contributed by atoms with Gasteiger partial charge in [-0.15, -0.1) is 0 Å². The van der Waals surface area contributed by atoms with Crippen molar-refractivity contribution in [3.05, 3.63) is 0 Å². The molecule has 168 valence electrons. The van der Waals surface area contributed by atoms with E-state index >= 15 is 0 Å². The third-order valence-corrected chi connectivity index (χ3v) is 4.96. The lowest BCUT2D eigenvalue weighted by atomic mass is 9.98. The minimum Gasteiger partial charge on any atom is -0.379 e. The van der Waals surface area contributed by atoms with Gasteiger partial charge in [-0.05, 0) is 25.7 Å². The minimum absolute atomic E-state index is 0.306. The van der Waals surface area contributed by atoms with Crippen LogP contribution in [-0.2, 0) is 23.7 Å². The van der Waals surface area contributed by atoms with Gasteiger partial charge in [-0.1, -0.05) is 53.4 Å². The summed E-state index contributed by atoms with van der Waals surface area (Å²) in [6.07, 6.45) is 5.53. The second-order valence-electron chi connectivity index (χ2n) is 7.56. The molecule has 1 saturated heterocycles. The van der Waals surface area contributed by atoms with Crippen molar-refractivity contribution in [1.29, 1.82) is 0 Å². The molecule has 1 N–H and O–H groups in total. The van der Waals surface area contributed by atoms with E-state index in [9.17, 15) is 5.11 Å². The Morgan fingerprint density at radius 2 is 1.11 bits per heavy atom. The molecule has 0 bridgehead atoms. The largest absolute Gasteiger partial charge is 0.379 e. The summed E-state index contributed by atoms with van der Waals surface area (Å²) in [7, 11) is 0. The number of hydrogen-bond acceptors (Lipinski definition) is 6. The molecule has 1 rings (SSSR count). The van der Waals surface area contributed by atoms with Crippen molar-refractivity contribution in [1.82, 2.24) is 0 Å². The van der Waals surface area contributed by atoms with Gasteiger partial charge in [0.25, 0.3) is 0 Å². The Morgan fingerprint density at radius 3 is 1.64 bits per heavy atom. The van der Waals surface area contributed by atoms with Crippen molar-refractivity contribution in [2.24, 2.45) is 0 Å². The molecule has 6 nitrogen and oxygen atoms in total. The van der Waals surface area contributed by atoms with E-state index in [0.717, 1.165) is 51.4 Å². The van der Waals surface area contributed by atoms with Crippen molar-refractivity contribution in [3.8, 4) is 0 Å². The lowest BCUT2D eigenvalue weighted by Crippen LogP contribution is -2.61. The quantitative estimate of drug-likeness (QED) is 0.369. The lowest BCUT2D eigenvalue weighted by molar-refractivity contribution is -0.312. The van der Waals surface area contributed by atoms with Crippen LogP contribution in [0.3, 0.4) is 0 Å². The standard InChI is InChI=1S/C22H44O6/c1-5-9-13-24-17-18-19(25-14-10-6-2)20(26-15-11-7-3)21(22(23)28-18)27-16-12-8-4/h18-23H,5-17H2,1-4H3/t18-,19-,20+,21-,22+/m1/s1. The fraction of sp³-hybridized carbons (Fsp3) is 1.00. The van der Waals surface area contributed by atoms with Gasteiger partial charge in [0, 0.05) is 26.4 Å². The number of ether oxygens (including phenoxy) is 5. The van der Waals surface area contributed by atoms with E-state index in [4.69, 9.17) is 23.7 Å². The van der Waals surface area contributed by atoms with E-state index < -0.39 is 12.4 Å². The number of hydrogen-bond donors (Lipinski definition) is 1. The summed E-state index contributed by atoms with van der Waals surface area (Å²) in [6.45, 7) is 11.5. The molecular formula is C22H44O6. The number of rotatable bonds is 17. The van der Waals surface area contributed by atoms with Gasteiger partial charge < -0.3 is 28.8 Å². The van der Waals surface area contributed by atoms with E-state index in [0.29, 0.717) is 33.0 Å². The monoisotopic (exact) mass is 404 g/mol. The molecule has 28 heavy (non-hydrogen) atoms. The smallest absolute Gasteiger partial charge is 0.184 e. The van der Waals surface area contributed by atoms with Gasteiger partial charge in [0.05, 0.1) is 6.61 Å². The first-order chi connectivity index (χ1) is 13.7. The van der Waals surface area contributed by atoms with E-state index in [-0.39, 0.29) is 18.3 Å². The topological polar surface area (TPSA) is 66.4 Å². The molecule has 5 atom stereocenters. The first-order valence-corrected chi connectivity index (χ1v) is 11.5. The molecule has 6 heteroatoms. The summed E-state index contributed by atoms with van der Waals surface area (Å²) in [5, 5.41) is 10.6. The van der Waals surface area contributed by atoms with Crippen LogP contribution in [0.2, 0.25) is 0 Å². The Balaban J connectivity index is 2.84. The average molecular weight is 405 g/mol. The fourth-order valence-electron chi connectivity index (χ4n) is 3.13.